The van der Waals surface area contributed by atoms with Crippen LogP contribution in [0.3, 0.4) is 0 Å². The van der Waals surface area contributed by atoms with Crippen molar-refractivity contribution in [1.82, 2.24) is 5.32 Å². The highest BCUT2D eigenvalue weighted by Crippen LogP contribution is 1.92. The first-order chi connectivity index (χ1) is 6.27. The number of rotatable bonds is 9. The minimum absolute atomic E-state index is 0.0853. The van der Waals surface area contributed by atoms with Gasteiger partial charge in [-0.05, 0) is 26.3 Å². The van der Waals surface area contributed by atoms with Crippen LogP contribution in [0.2, 0.25) is 0 Å². The summed E-state index contributed by atoms with van der Waals surface area (Å²) in [6.07, 6.45) is 1.62. The van der Waals surface area contributed by atoms with Gasteiger partial charge in [0.05, 0.1) is 25.9 Å². The second-order valence-corrected chi connectivity index (χ2v) is 3.08. The van der Waals surface area contributed by atoms with E-state index in [1.54, 1.807) is 6.92 Å². The van der Waals surface area contributed by atoms with E-state index < -0.39 is 0 Å². The van der Waals surface area contributed by atoms with E-state index in [1.165, 1.54) is 0 Å². The van der Waals surface area contributed by atoms with Crippen molar-refractivity contribution in [3.05, 3.63) is 0 Å². The Morgan fingerprint density at radius 1 is 1.31 bits per heavy atom. The third-order valence-corrected chi connectivity index (χ3v) is 1.63. The molecule has 0 bridgehead atoms. The molecule has 0 aromatic rings. The minimum Gasteiger partial charge on any atom is -0.394 e. The highest BCUT2D eigenvalue weighted by Gasteiger charge is 1.94. The van der Waals surface area contributed by atoms with E-state index in [-0.39, 0.29) is 12.7 Å². The number of aliphatic hydroxyl groups is 2. The quantitative estimate of drug-likeness (QED) is 0.440. The Kier molecular flexibility index (Phi) is 9.80. The van der Waals surface area contributed by atoms with Gasteiger partial charge in [0.15, 0.2) is 0 Å². The van der Waals surface area contributed by atoms with Crippen LogP contribution in [0.25, 0.3) is 0 Å². The predicted molar refractivity (Wildman–Crippen MR) is 51.7 cm³/mol. The summed E-state index contributed by atoms with van der Waals surface area (Å²) in [5.74, 6) is 0. The van der Waals surface area contributed by atoms with Gasteiger partial charge >= 0.3 is 0 Å². The summed E-state index contributed by atoms with van der Waals surface area (Å²) < 4.78 is 5.05. The Bertz CT molecular complexity index is 98.9. The summed E-state index contributed by atoms with van der Waals surface area (Å²) >= 11 is 0. The molecule has 0 rings (SSSR count). The smallest absolute Gasteiger partial charge is 0.0698 e. The number of hydrogen-bond donors (Lipinski definition) is 3. The predicted octanol–water partition coefficient (Wildman–Crippen LogP) is -0.254. The van der Waals surface area contributed by atoms with Crippen LogP contribution in [-0.2, 0) is 4.74 Å². The van der Waals surface area contributed by atoms with Crippen LogP contribution < -0.4 is 5.32 Å². The standard InChI is InChI=1S/C9H21NO3/c1-9(12)3-2-4-10-5-7-13-8-6-11/h9-12H,2-8H2,1H3. The first-order valence-corrected chi connectivity index (χ1v) is 4.84. The van der Waals surface area contributed by atoms with Crippen LogP contribution in [0.1, 0.15) is 19.8 Å². The fourth-order valence-corrected chi connectivity index (χ4v) is 0.958. The highest BCUT2D eigenvalue weighted by molar-refractivity contribution is 4.51. The SMILES string of the molecule is CC(O)CCCNCCOCCO. The van der Waals surface area contributed by atoms with Crippen molar-refractivity contribution in [3.8, 4) is 0 Å². The summed E-state index contributed by atoms with van der Waals surface area (Å²) in [7, 11) is 0. The van der Waals surface area contributed by atoms with E-state index in [0.717, 1.165) is 25.9 Å². The maximum atomic E-state index is 8.94. The third kappa shape index (κ3) is 11.8. The Morgan fingerprint density at radius 2 is 2.08 bits per heavy atom. The lowest BCUT2D eigenvalue weighted by Gasteiger charge is -2.06. The normalized spacial score (nSPS) is 13.2. The Balaban J connectivity index is 2.84. The average molecular weight is 191 g/mol. The molecular formula is C9H21NO3. The molecule has 0 aromatic heterocycles. The van der Waals surface area contributed by atoms with Crippen molar-refractivity contribution in [1.29, 1.82) is 0 Å². The van der Waals surface area contributed by atoms with Crippen LogP contribution >= 0.6 is 0 Å². The molecule has 80 valence electrons. The van der Waals surface area contributed by atoms with E-state index >= 15 is 0 Å². The zero-order chi connectivity index (χ0) is 9.94. The minimum atomic E-state index is -0.201. The first-order valence-electron chi connectivity index (χ1n) is 4.84. The fourth-order valence-electron chi connectivity index (χ4n) is 0.958. The van der Waals surface area contributed by atoms with Crippen molar-refractivity contribution in [2.24, 2.45) is 0 Å². The van der Waals surface area contributed by atoms with Crippen molar-refractivity contribution in [2.45, 2.75) is 25.9 Å². The fraction of sp³-hybridized carbons (Fsp3) is 1.00. The van der Waals surface area contributed by atoms with Gasteiger partial charge in [-0.15, -0.1) is 0 Å². The molecule has 0 aliphatic rings. The second-order valence-electron chi connectivity index (χ2n) is 3.08. The summed E-state index contributed by atoms with van der Waals surface area (Å²) in [4.78, 5) is 0. The Morgan fingerprint density at radius 3 is 2.69 bits per heavy atom. The lowest BCUT2D eigenvalue weighted by molar-refractivity contribution is 0.0937. The van der Waals surface area contributed by atoms with Gasteiger partial charge in [-0.3, -0.25) is 0 Å². The van der Waals surface area contributed by atoms with Gasteiger partial charge in [-0.1, -0.05) is 0 Å². The number of nitrogens with one attached hydrogen (secondary N) is 1. The number of aliphatic hydroxyl groups excluding tert-OH is 2. The van der Waals surface area contributed by atoms with E-state index in [0.29, 0.717) is 13.2 Å². The molecule has 1 atom stereocenters. The van der Waals surface area contributed by atoms with Gasteiger partial charge in [0.2, 0.25) is 0 Å². The van der Waals surface area contributed by atoms with Gasteiger partial charge in [-0.25, -0.2) is 0 Å². The summed E-state index contributed by atoms with van der Waals surface area (Å²) in [5, 5.41) is 20.5. The zero-order valence-electron chi connectivity index (χ0n) is 8.33. The van der Waals surface area contributed by atoms with Crippen LogP contribution in [0, 0.1) is 0 Å². The molecule has 0 fully saturated rings. The lowest BCUT2D eigenvalue weighted by Crippen LogP contribution is -2.22. The molecule has 1 unspecified atom stereocenters. The van der Waals surface area contributed by atoms with Crippen molar-refractivity contribution in [3.63, 3.8) is 0 Å². The molecule has 3 N–H and O–H groups in total. The zero-order valence-corrected chi connectivity index (χ0v) is 8.33. The molecule has 4 heteroatoms. The van der Waals surface area contributed by atoms with Crippen LogP contribution in [0.15, 0.2) is 0 Å². The van der Waals surface area contributed by atoms with Crippen LogP contribution in [-0.4, -0.2) is 49.2 Å². The molecule has 0 spiro atoms. The third-order valence-electron chi connectivity index (χ3n) is 1.63. The van der Waals surface area contributed by atoms with Gasteiger partial charge in [-0.2, -0.15) is 0 Å². The highest BCUT2D eigenvalue weighted by atomic mass is 16.5. The van der Waals surface area contributed by atoms with E-state index in [2.05, 4.69) is 5.32 Å². The molecule has 0 aliphatic carbocycles. The molecule has 0 aliphatic heterocycles. The summed E-state index contributed by atoms with van der Waals surface area (Å²) in [6.45, 7) is 4.64. The monoisotopic (exact) mass is 191 g/mol. The second kappa shape index (κ2) is 9.92. The van der Waals surface area contributed by atoms with E-state index in [9.17, 15) is 0 Å². The van der Waals surface area contributed by atoms with Gasteiger partial charge in [0, 0.05) is 6.54 Å². The molecule has 0 saturated carbocycles. The molecule has 0 heterocycles. The summed E-state index contributed by atoms with van der Waals surface area (Å²) in [5.41, 5.74) is 0. The van der Waals surface area contributed by atoms with Crippen LogP contribution in [0.5, 0.6) is 0 Å². The van der Waals surface area contributed by atoms with Crippen LogP contribution in [0.4, 0.5) is 0 Å². The molecule has 13 heavy (non-hydrogen) atoms. The van der Waals surface area contributed by atoms with Gasteiger partial charge in [0.1, 0.15) is 0 Å². The molecule has 0 amide bonds. The van der Waals surface area contributed by atoms with Crippen molar-refractivity contribution < 1.29 is 14.9 Å². The maximum absolute atomic E-state index is 8.94. The molecule has 4 nitrogen and oxygen atoms in total. The largest absolute Gasteiger partial charge is 0.394 e. The maximum Gasteiger partial charge on any atom is 0.0698 e. The molecule has 0 radical (unpaired) electrons. The van der Waals surface area contributed by atoms with E-state index in [4.69, 9.17) is 14.9 Å². The van der Waals surface area contributed by atoms with Crippen molar-refractivity contribution >= 4 is 0 Å². The Labute approximate surface area is 79.9 Å². The molecular weight excluding hydrogens is 170 g/mol. The lowest BCUT2D eigenvalue weighted by atomic mass is 10.2. The van der Waals surface area contributed by atoms with Gasteiger partial charge in [0.25, 0.3) is 0 Å². The van der Waals surface area contributed by atoms with E-state index in [1.807, 2.05) is 0 Å². The Hall–Kier alpha value is -0.160. The number of ether oxygens (including phenoxy) is 1. The first kappa shape index (κ1) is 12.8. The topological polar surface area (TPSA) is 61.7 Å². The summed E-state index contributed by atoms with van der Waals surface area (Å²) in [6, 6.07) is 0. The number of hydrogen-bond acceptors (Lipinski definition) is 4. The average Bonchev–Trinajstić information content (AvgIpc) is 2.09. The van der Waals surface area contributed by atoms with Gasteiger partial charge < -0.3 is 20.3 Å². The molecule has 0 aromatic carbocycles. The molecule has 0 saturated heterocycles. The van der Waals surface area contributed by atoms with Crippen molar-refractivity contribution in [2.75, 3.05) is 32.9 Å².